The number of aliphatic hydroxyl groups is 1. The number of nitrogens with zero attached hydrogens (tertiary/aromatic N) is 2. The number of aliphatic imine (C=N–C) groups is 1. The second-order valence-electron chi connectivity index (χ2n) is 8.24. The molecule has 0 bridgehead atoms. The number of aliphatic carboxylic acids is 2. The maximum atomic E-state index is 10.3. The Labute approximate surface area is 208 Å². The number of aromatic nitrogens is 1. The summed E-state index contributed by atoms with van der Waals surface area (Å²) in [7, 11) is 3.25. The Hall–Kier alpha value is -3.92. The number of aliphatic hydroxyl groups excluding tert-OH is 1. The molecule has 36 heavy (non-hydrogen) atoms. The van der Waals surface area contributed by atoms with Gasteiger partial charge < -0.3 is 29.5 Å². The van der Waals surface area contributed by atoms with Crippen LogP contribution in [-0.2, 0) is 9.59 Å². The number of carboxylic acids is 2. The summed E-state index contributed by atoms with van der Waals surface area (Å²) in [4.78, 5) is 28.5. The van der Waals surface area contributed by atoms with Gasteiger partial charge in [-0.3, -0.25) is 4.99 Å². The van der Waals surface area contributed by atoms with Crippen molar-refractivity contribution in [3.8, 4) is 17.4 Å². The molecule has 1 aliphatic carbocycles. The molecule has 1 fully saturated rings. The normalized spacial score (nSPS) is 20.2. The van der Waals surface area contributed by atoms with Gasteiger partial charge in [0.1, 0.15) is 0 Å². The zero-order chi connectivity index (χ0) is 26.2. The van der Waals surface area contributed by atoms with Crippen LogP contribution in [0.15, 0.2) is 47.6 Å². The third-order valence-electron chi connectivity index (χ3n) is 5.96. The van der Waals surface area contributed by atoms with Gasteiger partial charge in [-0.25, -0.2) is 14.6 Å². The largest absolute Gasteiger partial charge is 0.493 e. The number of carbonyl (C=O) groups is 2. The summed E-state index contributed by atoms with van der Waals surface area (Å²) in [6.45, 7) is 2.52. The van der Waals surface area contributed by atoms with E-state index in [0.717, 1.165) is 41.0 Å². The predicted octanol–water partition coefficient (Wildman–Crippen LogP) is 3.06. The average molecular weight is 499 g/mol. The molecule has 0 saturated heterocycles. The zero-order valence-corrected chi connectivity index (χ0v) is 20.4. The Balaban J connectivity index is 0.000000392. The molecule has 2 aliphatic rings. The Morgan fingerprint density at radius 1 is 1.06 bits per heavy atom. The summed E-state index contributed by atoms with van der Waals surface area (Å²) >= 11 is 0. The standard InChI is InChI=1S/C22H26N2O4.C4H4O4/c1-4-28-20-10-15-16-9-14(25)6-7-18(16)24-22(17(15)11-19(20)26-2)13-5-8-21(27-3)23-12-13;5-3(6)1-2-4(7)8/h5,8,10-12,14,16,18,25H,4,6-7,9H2,1-3H3;1-2H,(H,5,6)(H,7,8)/b;2-1-/t14-,16-,18-;/m1./s1. The molecule has 3 atom stereocenters. The van der Waals surface area contributed by atoms with Gasteiger partial charge in [-0.1, -0.05) is 0 Å². The van der Waals surface area contributed by atoms with Crippen molar-refractivity contribution in [3.63, 3.8) is 0 Å². The highest BCUT2D eigenvalue weighted by molar-refractivity contribution is 6.14. The first-order valence-corrected chi connectivity index (χ1v) is 11.5. The van der Waals surface area contributed by atoms with E-state index in [4.69, 9.17) is 29.4 Å². The molecule has 1 aliphatic heterocycles. The molecular formula is C26H30N2O8. The third kappa shape index (κ3) is 6.39. The summed E-state index contributed by atoms with van der Waals surface area (Å²) in [6, 6.07) is 8.05. The SMILES string of the molecule is CCOc1cc2c(cc1OC)C(c1ccc(OC)nc1)=N[C@@H]1CC[C@@H](O)C[C@H]21.O=C(O)/C=C\C(=O)O. The van der Waals surface area contributed by atoms with Crippen LogP contribution in [0.4, 0.5) is 0 Å². The van der Waals surface area contributed by atoms with Crippen LogP contribution in [0, 0.1) is 0 Å². The number of ether oxygens (including phenoxy) is 3. The zero-order valence-electron chi connectivity index (χ0n) is 20.4. The van der Waals surface area contributed by atoms with E-state index < -0.39 is 11.9 Å². The molecule has 0 amide bonds. The molecular weight excluding hydrogens is 468 g/mol. The first kappa shape index (κ1) is 26.7. The summed E-state index contributed by atoms with van der Waals surface area (Å²) < 4.78 is 16.6. The molecule has 10 nitrogen and oxygen atoms in total. The van der Waals surface area contributed by atoms with Gasteiger partial charge in [0.25, 0.3) is 0 Å². The topological polar surface area (TPSA) is 148 Å². The number of rotatable bonds is 7. The lowest BCUT2D eigenvalue weighted by Crippen LogP contribution is -2.34. The van der Waals surface area contributed by atoms with Crippen LogP contribution >= 0.6 is 0 Å². The van der Waals surface area contributed by atoms with E-state index in [1.165, 1.54) is 0 Å². The maximum absolute atomic E-state index is 10.3. The second-order valence-corrected chi connectivity index (χ2v) is 8.24. The monoisotopic (exact) mass is 498 g/mol. The van der Waals surface area contributed by atoms with Gasteiger partial charge in [0.15, 0.2) is 11.5 Å². The average Bonchev–Trinajstić information content (AvgIpc) is 2.87. The number of benzene rings is 1. The Bertz CT molecular complexity index is 1130. The molecule has 1 aromatic carbocycles. The van der Waals surface area contributed by atoms with E-state index in [9.17, 15) is 14.7 Å². The second kappa shape index (κ2) is 12.2. The van der Waals surface area contributed by atoms with Crippen molar-refractivity contribution in [2.45, 2.75) is 44.2 Å². The quantitative estimate of drug-likeness (QED) is 0.490. The van der Waals surface area contributed by atoms with Crippen LogP contribution in [-0.4, -0.2) is 70.9 Å². The molecule has 3 N–H and O–H groups in total. The Kier molecular flexibility index (Phi) is 9.02. The van der Waals surface area contributed by atoms with Gasteiger partial charge in [-0.2, -0.15) is 0 Å². The van der Waals surface area contributed by atoms with Crippen LogP contribution in [0.25, 0.3) is 0 Å². The molecule has 10 heteroatoms. The molecule has 1 aromatic heterocycles. The van der Waals surface area contributed by atoms with Crippen molar-refractivity contribution in [1.29, 1.82) is 0 Å². The predicted molar refractivity (Wildman–Crippen MR) is 131 cm³/mol. The minimum atomic E-state index is -1.26. The van der Waals surface area contributed by atoms with Crippen LogP contribution in [0.1, 0.15) is 48.8 Å². The fourth-order valence-corrected chi connectivity index (χ4v) is 4.39. The number of hydrogen-bond acceptors (Lipinski definition) is 8. The molecule has 0 spiro atoms. The van der Waals surface area contributed by atoms with E-state index in [2.05, 4.69) is 11.1 Å². The van der Waals surface area contributed by atoms with Gasteiger partial charge in [-0.15, -0.1) is 0 Å². The molecule has 4 rings (SSSR count). The van der Waals surface area contributed by atoms with Crippen molar-refractivity contribution in [2.75, 3.05) is 20.8 Å². The van der Waals surface area contributed by atoms with Gasteiger partial charge in [-0.05, 0) is 49.9 Å². The van der Waals surface area contributed by atoms with Crippen molar-refractivity contribution < 1.29 is 39.1 Å². The van der Waals surface area contributed by atoms with Crippen molar-refractivity contribution >= 4 is 17.7 Å². The van der Waals surface area contributed by atoms with Gasteiger partial charge in [0.05, 0.1) is 38.7 Å². The van der Waals surface area contributed by atoms with Gasteiger partial charge in [0.2, 0.25) is 5.88 Å². The van der Waals surface area contributed by atoms with Crippen molar-refractivity contribution in [3.05, 3.63) is 59.3 Å². The molecule has 2 heterocycles. The number of hydrogen-bond donors (Lipinski definition) is 3. The minimum absolute atomic E-state index is 0.149. The lowest BCUT2D eigenvalue weighted by molar-refractivity contribution is -0.134. The highest BCUT2D eigenvalue weighted by Gasteiger charge is 2.37. The van der Waals surface area contributed by atoms with E-state index in [-0.39, 0.29) is 18.1 Å². The van der Waals surface area contributed by atoms with E-state index in [1.807, 2.05) is 25.1 Å². The van der Waals surface area contributed by atoms with Gasteiger partial charge in [0, 0.05) is 41.5 Å². The molecule has 192 valence electrons. The Morgan fingerprint density at radius 3 is 2.33 bits per heavy atom. The third-order valence-corrected chi connectivity index (χ3v) is 5.96. The fraction of sp³-hybridized carbons (Fsp3) is 0.385. The molecule has 0 unspecified atom stereocenters. The summed E-state index contributed by atoms with van der Waals surface area (Å²) in [5.74, 6) is -0.344. The first-order chi connectivity index (χ1) is 17.3. The number of methoxy groups -OCH3 is 2. The fourth-order valence-electron chi connectivity index (χ4n) is 4.39. The lowest BCUT2D eigenvalue weighted by Gasteiger charge is -2.37. The summed E-state index contributed by atoms with van der Waals surface area (Å²) in [5.41, 5.74) is 4.03. The number of pyridine rings is 1. The maximum Gasteiger partial charge on any atom is 0.328 e. The number of fused-ring (bicyclic) bond motifs is 3. The Morgan fingerprint density at radius 2 is 1.78 bits per heavy atom. The van der Waals surface area contributed by atoms with Crippen molar-refractivity contribution in [1.82, 2.24) is 4.98 Å². The number of carboxylic acid groups (broad SMARTS) is 2. The smallest absolute Gasteiger partial charge is 0.328 e. The van der Waals surface area contributed by atoms with E-state index in [0.29, 0.717) is 36.8 Å². The van der Waals surface area contributed by atoms with Crippen LogP contribution < -0.4 is 14.2 Å². The molecule has 1 saturated carbocycles. The first-order valence-electron chi connectivity index (χ1n) is 11.5. The highest BCUT2D eigenvalue weighted by Crippen LogP contribution is 2.45. The van der Waals surface area contributed by atoms with Crippen LogP contribution in [0.5, 0.6) is 17.4 Å². The van der Waals surface area contributed by atoms with E-state index >= 15 is 0 Å². The van der Waals surface area contributed by atoms with Crippen molar-refractivity contribution in [2.24, 2.45) is 4.99 Å². The molecule has 0 radical (unpaired) electrons. The minimum Gasteiger partial charge on any atom is -0.493 e. The lowest BCUT2D eigenvalue weighted by atomic mass is 9.74. The van der Waals surface area contributed by atoms with Gasteiger partial charge >= 0.3 is 11.9 Å². The van der Waals surface area contributed by atoms with E-state index in [1.54, 1.807) is 20.4 Å². The summed E-state index contributed by atoms with van der Waals surface area (Å²) in [6.07, 6.45) is 4.99. The van der Waals surface area contributed by atoms with Crippen LogP contribution in [0.3, 0.4) is 0 Å². The highest BCUT2D eigenvalue weighted by atomic mass is 16.5. The van der Waals surface area contributed by atoms with Crippen LogP contribution in [0.2, 0.25) is 0 Å². The molecule has 2 aromatic rings. The summed E-state index contributed by atoms with van der Waals surface area (Å²) in [5, 5.41) is 25.9.